The van der Waals surface area contributed by atoms with Crippen molar-refractivity contribution in [3.8, 4) is 5.75 Å². The summed E-state index contributed by atoms with van der Waals surface area (Å²) in [7, 11) is 0. The predicted molar refractivity (Wildman–Crippen MR) is 80.0 cm³/mol. The molecule has 7 nitrogen and oxygen atoms in total. The Labute approximate surface area is 130 Å². The summed E-state index contributed by atoms with van der Waals surface area (Å²) in [5.41, 5.74) is 4.19. The van der Waals surface area contributed by atoms with Gasteiger partial charge in [-0.15, -0.1) is 0 Å². The fraction of sp³-hybridized carbons (Fsp3) is 0.462. The molecule has 1 aromatic carbocycles. The number of nitrogens with two attached hydrogens (primary N) is 1. The van der Waals surface area contributed by atoms with Crippen LogP contribution in [0.5, 0.6) is 5.75 Å². The summed E-state index contributed by atoms with van der Waals surface area (Å²) in [4.78, 5) is 22.1. The number of nitrogens with one attached hydrogen (secondary N) is 1. The zero-order chi connectivity index (χ0) is 15.6. The van der Waals surface area contributed by atoms with Gasteiger partial charge in [-0.25, -0.2) is 0 Å². The first kappa shape index (κ1) is 15.7. The number of primary amides is 1. The molecule has 0 aliphatic heterocycles. The van der Waals surface area contributed by atoms with Crippen LogP contribution >= 0.6 is 15.9 Å². The third-order valence-electron chi connectivity index (χ3n) is 3.28. The maximum Gasteiger partial charge on any atom is 0.312 e. The summed E-state index contributed by atoms with van der Waals surface area (Å²) in [6.07, 6.45) is 1.97. The molecule has 2 rings (SSSR count). The van der Waals surface area contributed by atoms with Crippen LogP contribution in [0.1, 0.15) is 19.8 Å². The molecule has 114 valence electrons. The van der Waals surface area contributed by atoms with Crippen LogP contribution in [-0.4, -0.2) is 29.0 Å². The summed E-state index contributed by atoms with van der Waals surface area (Å²) in [6.45, 7) is 1.57. The summed E-state index contributed by atoms with van der Waals surface area (Å²) < 4.78 is 6.06. The molecule has 1 aliphatic rings. The highest BCUT2D eigenvalue weighted by Crippen LogP contribution is 2.31. The van der Waals surface area contributed by atoms with E-state index in [4.69, 9.17) is 10.5 Å². The van der Waals surface area contributed by atoms with Gasteiger partial charge in [0.15, 0.2) is 5.75 Å². The molecule has 3 N–H and O–H groups in total. The summed E-state index contributed by atoms with van der Waals surface area (Å²) >= 11 is 3.17. The van der Waals surface area contributed by atoms with Gasteiger partial charge in [-0.2, -0.15) is 0 Å². The molecule has 8 heteroatoms. The Morgan fingerprint density at radius 3 is 2.81 bits per heavy atom. The average molecular weight is 358 g/mol. The molecule has 0 saturated heterocycles. The number of hydrogen-bond donors (Lipinski definition) is 2. The molecular formula is C13H16BrN3O4. The average Bonchev–Trinajstić information content (AvgIpc) is 3.20. The van der Waals surface area contributed by atoms with E-state index in [1.165, 1.54) is 12.1 Å². The number of carbonyl (C=O) groups excluding carboxylic acids is 1. The van der Waals surface area contributed by atoms with Gasteiger partial charge >= 0.3 is 5.69 Å². The third-order valence-corrected chi connectivity index (χ3v) is 3.77. The number of hydrogen-bond acceptors (Lipinski definition) is 5. The van der Waals surface area contributed by atoms with Crippen LogP contribution in [-0.2, 0) is 4.79 Å². The van der Waals surface area contributed by atoms with E-state index in [9.17, 15) is 14.9 Å². The molecule has 1 saturated carbocycles. The number of carbonyl (C=O) groups is 1. The van der Waals surface area contributed by atoms with E-state index in [-0.39, 0.29) is 24.1 Å². The van der Waals surface area contributed by atoms with Gasteiger partial charge in [0.1, 0.15) is 12.1 Å². The molecule has 0 spiro atoms. The van der Waals surface area contributed by atoms with E-state index in [0.29, 0.717) is 4.47 Å². The summed E-state index contributed by atoms with van der Waals surface area (Å²) in [5.74, 6) is -0.442. The number of nitro benzene ring substituents is 1. The number of ether oxygens (including phenoxy) is 1. The maximum absolute atomic E-state index is 11.6. The molecule has 1 unspecified atom stereocenters. The van der Waals surface area contributed by atoms with Crippen molar-refractivity contribution in [3.05, 3.63) is 32.8 Å². The number of nitro groups is 1. The first-order chi connectivity index (χ1) is 9.82. The lowest BCUT2D eigenvalue weighted by Gasteiger charge is -2.27. The minimum absolute atomic E-state index is 0.0681. The van der Waals surface area contributed by atoms with Crippen molar-refractivity contribution in [2.24, 2.45) is 5.73 Å². The molecule has 0 aromatic heterocycles. The Hall–Kier alpha value is -1.67. The van der Waals surface area contributed by atoms with Crippen molar-refractivity contribution in [2.75, 3.05) is 6.61 Å². The molecule has 1 amide bonds. The van der Waals surface area contributed by atoms with Gasteiger partial charge in [-0.3, -0.25) is 20.2 Å². The van der Waals surface area contributed by atoms with Crippen LogP contribution in [0.2, 0.25) is 0 Å². The first-order valence-corrected chi connectivity index (χ1v) is 7.25. The highest BCUT2D eigenvalue weighted by Gasteiger charge is 2.38. The lowest BCUT2D eigenvalue weighted by atomic mass is 10.0. The molecule has 1 aromatic rings. The van der Waals surface area contributed by atoms with Gasteiger partial charge < -0.3 is 10.5 Å². The molecule has 21 heavy (non-hydrogen) atoms. The lowest BCUT2D eigenvalue weighted by Crippen LogP contribution is -2.57. The maximum atomic E-state index is 11.6. The zero-order valence-electron chi connectivity index (χ0n) is 11.5. The van der Waals surface area contributed by atoms with Crippen molar-refractivity contribution < 1.29 is 14.5 Å². The van der Waals surface area contributed by atoms with Crippen molar-refractivity contribution in [3.63, 3.8) is 0 Å². The van der Waals surface area contributed by atoms with Gasteiger partial charge in [0.25, 0.3) is 0 Å². The number of amides is 1. The number of rotatable bonds is 7. The van der Waals surface area contributed by atoms with E-state index in [2.05, 4.69) is 21.2 Å². The molecule has 1 aliphatic carbocycles. The molecule has 1 atom stereocenters. The SMILES string of the molecule is CC(COc1ccc(Br)cc1[N+](=O)[O-])(NC1CC1)C(N)=O. The predicted octanol–water partition coefficient (Wildman–Crippen LogP) is 1.73. The fourth-order valence-corrected chi connectivity index (χ4v) is 2.19. The largest absolute Gasteiger partial charge is 0.484 e. The van der Waals surface area contributed by atoms with Crippen molar-refractivity contribution in [2.45, 2.75) is 31.3 Å². The third kappa shape index (κ3) is 3.92. The first-order valence-electron chi connectivity index (χ1n) is 6.46. The smallest absolute Gasteiger partial charge is 0.312 e. The van der Waals surface area contributed by atoms with E-state index < -0.39 is 16.4 Å². The van der Waals surface area contributed by atoms with Gasteiger partial charge in [0, 0.05) is 16.6 Å². The van der Waals surface area contributed by atoms with Crippen LogP contribution in [0.15, 0.2) is 22.7 Å². The van der Waals surface area contributed by atoms with Crippen molar-refractivity contribution >= 4 is 27.5 Å². The number of nitrogens with zero attached hydrogens (tertiary/aromatic N) is 1. The van der Waals surface area contributed by atoms with Gasteiger partial charge in [-0.1, -0.05) is 15.9 Å². The lowest BCUT2D eigenvalue weighted by molar-refractivity contribution is -0.386. The molecule has 0 radical (unpaired) electrons. The second kappa shape index (κ2) is 5.98. The second-order valence-corrected chi connectivity index (χ2v) is 6.19. The van der Waals surface area contributed by atoms with Crippen LogP contribution in [0.25, 0.3) is 0 Å². The van der Waals surface area contributed by atoms with Crippen LogP contribution in [0.3, 0.4) is 0 Å². The topological polar surface area (TPSA) is 107 Å². The minimum atomic E-state index is -1.05. The number of halogens is 1. The van der Waals surface area contributed by atoms with E-state index in [1.54, 1.807) is 13.0 Å². The summed E-state index contributed by atoms with van der Waals surface area (Å²) in [5, 5.41) is 14.1. The van der Waals surface area contributed by atoms with E-state index in [1.807, 2.05) is 0 Å². The van der Waals surface area contributed by atoms with Gasteiger partial charge in [0.2, 0.25) is 5.91 Å². The normalized spacial score (nSPS) is 17.0. The standard InChI is InChI=1S/C13H16BrN3O4/c1-13(12(15)18,16-9-3-4-9)7-21-11-5-2-8(14)6-10(11)17(19)20/h2,5-6,9,16H,3-4,7H2,1H3,(H2,15,18). The molecular weight excluding hydrogens is 342 g/mol. The quantitative estimate of drug-likeness (QED) is 0.570. The van der Waals surface area contributed by atoms with Crippen LogP contribution in [0.4, 0.5) is 5.69 Å². The van der Waals surface area contributed by atoms with Crippen molar-refractivity contribution in [1.82, 2.24) is 5.32 Å². The number of benzene rings is 1. The Morgan fingerprint density at radius 2 is 2.29 bits per heavy atom. The van der Waals surface area contributed by atoms with E-state index in [0.717, 1.165) is 12.8 Å². The minimum Gasteiger partial charge on any atom is -0.484 e. The second-order valence-electron chi connectivity index (χ2n) is 5.27. The van der Waals surface area contributed by atoms with Crippen LogP contribution < -0.4 is 15.8 Å². The Bertz CT molecular complexity index is 577. The highest BCUT2D eigenvalue weighted by molar-refractivity contribution is 9.10. The Morgan fingerprint density at radius 1 is 1.62 bits per heavy atom. The zero-order valence-corrected chi connectivity index (χ0v) is 13.1. The molecule has 0 bridgehead atoms. The Kier molecular flexibility index (Phi) is 4.48. The van der Waals surface area contributed by atoms with Crippen molar-refractivity contribution in [1.29, 1.82) is 0 Å². The van der Waals surface area contributed by atoms with Crippen LogP contribution in [0, 0.1) is 10.1 Å². The van der Waals surface area contributed by atoms with Gasteiger partial charge in [-0.05, 0) is 31.9 Å². The Balaban J connectivity index is 2.13. The highest BCUT2D eigenvalue weighted by atomic mass is 79.9. The fourth-order valence-electron chi connectivity index (χ4n) is 1.84. The molecule has 0 heterocycles. The summed E-state index contributed by atoms with van der Waals surface area (Å²) in [6, 6.07) is 4.73. The monoisotopic (exact) mass is 357 g/mol. The molecule has 1 fully saturated rings. The van der Waals surface area contributed by atoms with Gasteiger partial charge in [0.05, 0.1) is 4.92 Å². The van der Waals surface area contributed by atoms with E-state index >= 15 is 0 Å².